The molecule has 0 aromatic heterocycles. The average Bonchev–Trinajstić information content (AvgIpc) is 2.41. The minimum Gasteiger partial charge on any atom is -0.340 e. The maximum absolute atomic E-state index is 12.9. The first-order valence-corrected chi connectivity index (χ1v) is 8.03. The summed E-state index contributed by atoms with van der Waals surface area (Å²) in [4.78, 5) is 26.7. The van der Waals surface area contributed by atoms with E-state index in [4.69, 9.17) is 0 Å². The van der Waals surface area contributed by atoms with Crippen molar-refractivity contribution in [2.45, 2.75) is 46.1 Å². The molecule has 1 aromatic rings. The summed E-state index contributed by atoms with van der Waals surface area (Å²) in [6.07, 6.45) is 1.19. The summed E-state index contributed by atoms with van der Waals surface area (Å²) in [6.45, 7) is 7.89. The fraction of sp³-hybridized carbons (Fsp3) is 0.500. The lowest BCUT2D eigenvalue weighted by atomic mass is 9.88. The summed E-state index contributed by atoms with van der Waals surface area (Å²) in [7, 11) is 0. The van der Waals surface area contributed by atoms with Crippen molar-refractivity contribution in [1.82, 2.24) is 5.32 Å². The van der Waals surface area contributed by atoms with Crippen LogP contribution in [0.15, 0.2) is 16.6 Å². The smallest absolute Gasteiger partial charge is 0.253 e. The summed E-state index contributed by atoms with van der Waals surface area (Å²) >= 11 is 3.47. The quantitative estimate of drug-likeness (QED) is 0.908. The van der Waals surface area contributed by atoms with Gasteiger partial charge in [0.15, 0.2) is 0 Å². The topological polar surface area (TPSA) is 49.4 Å². The fourth-order valence-electron chi connectivity index (χ4n) is 3.07. The molecule has 0 aliphatic carbocycles. The molecule has 1 heterocycles. The lowest BCUT2D eigenvalue weighted by Gasteiger charge is -2.42. The zero-order chi connectivity index (χ0) is 15.8. The second-order valence-electron chi connectivity index (χ2n) is 5.62. The Morgan fingerprint density at radius 2 is 1.71 bits per heavy atom. The third kappa shape index (κ3) is 2.71. The van der Waals surface area contributed by atoms with Gasteiger partial charge in [-0.3, -0.25) is 9.59 Å². The third-order valence-corrected chi connectivity index (χ3v) is 4.73. The van der Waals surface area contributed by atoms with Crippen molar-refractivity contribution < 1.29 is 9.59 Å². The summed E-state index contributed by atoms with van der Waals surface area (Å²) in [5.41, 5.74) is 2.06. The molecule has 1 fully saturated rings. The Hall–Kier alpha value is -1.36. The van der Waals surface area contributed by atoms with E-state index in [1.54, 1.807) is 4.90 Å². The molecule has 5 heteroatoms. The average molecular weight is 353 g/mol. The zero-order valence-corrected chi connectivity index (χ0v) is 14.5. The Labute approximate surface area is 134 Å². The standard InChI is InChI=1S/C16H21BrN2O2/c1-5-16(6-2)15(21)19(9-13(20)18-16)14-10(3)7-12(17)8-11(14)4/h7-8H,5-6,9H2,1-4H3,(H,18,20). The molecule has 0 spiro atoms. The number of amides is 2. The molecule has 2 rings (SSSR count). The lowest BCUT2D eigenvalue weighted by molar-refractivity contribution is -0.136. The van der Waals surface area contributed by atoms with E-state index < -0.39 is 5.54 Å². The molecular weight excluding hydrogens is 332 g/mol. The second-order valence-corrected chi connectivity index (χ2v) is 6.53. The van der Waals surface area contributed by atoms with Gasteiger partial charge in [0.1, 0.15) is 12.1 Å². The van der Waals surface area contributed by atoms with E-state index in [9.17, 15) is 9.59 Å². The highest BCUT2D eigenvalue weighted by atomic mass is 79.9. The van der Waals surface area contributed by atoms with Crippen LogP contribution in [-0.4, -0.2) is 23.9 Å². The monoisotopic (exact) mass is 352 g/mol. The third-order valence-electron chi connectivity index (χ3n) is 4.27. The first-order valence-electron chi connectivity index (χ1n) is 7.24. The van der Waals surface area contributed by atoms with E-state index >= 15 is 0 Å². The molecular formula is C16H21BrN2O2. The predicted octanol–water partition coefficient (Wildman–Crippen LogP) is 3.09. The molecule has 2 amide bonds. The predicted molar refractivity (Wildman–Crippen MR) is 87.4 cm³/mol. The maximum Gasteiger partial charge on any atom is 0.253 e. The Bertz CT molecular complexity index is 571. The van der Waals surface area contributed by atoms with E-state index in [-0.39, 0.29) is 18.4 Å². The molecule has 1 aliphatic rings. The van der Waals surface area contributed by atoms with E-state index in [1.807, 2.05) is 39.8 Å². The first-order chi connectivity index (χ1) is 9.84. The first kappa shape index (κ1) is 16.0. The second kappa shape index (κ2) is 5.79. The van der Waals surface area contributed by atoms with Crippen molar-refractivity contribution in [3.8, 4) is 0 Å². The number of hydrogen-bond acceptors (Lipinski definition) is 2. The van der Waals surface area contributed by atoms with E-state index in [0.29, 0.717) is 12.8 Å². The molecule has 21 heavy (non-hydrogen) atoms. The highest BCUT2D eigenvalue weighted by Crippen LogP contribution is 2.33. The minimum absolute atomic E-state index is 0.0133. The van der Waals surface area contributed by atoms with Gasteiger partial charge in [-0.15, -0.1) is 0 Å². The summed E-state index contributed by atoms with van der Waals surface area (Å²) < 4.78 is 0.979. The number of hydrogen-bond donors (Lipinski definition) is 1. The van der Waals surface area contributed by atoms with Crippen LogP contribution in [0.1, 0.15) is 37.8 Å². The van der Waals surface area contributed by atoms with Gasteiger partial charge in [-0.25, -0.2) is 0 Å². The van der Waals surface area contributed by atoms with E-state index in [2.05, 4.69) is 21.2 Å². The number of benzene rings is 1. The van der Waals surface area contributed by atoms with Crippen LogP contribution in [0.5, 0.6) is 0 Å². The van der Waals surface area contributed by atoms with Gasteiger partial charge < -0.3 is 10.2 Å². The molecule has 0 saturated carbocycles. The van der Waals surface area contributed by atoms with Gasteiger partial charge in [-0.05, 0) is 49.9 Å². The van der Waals surface area contributed by atoms with Gasteiger partial charge in [0, 0.05) is 4.47 Å². The van der Waals surface area contributed by atoms with Crippen LogP contribution in [-0.2, 0) is 9.59 Å². The molecule has 1 saturated heterocycles. The van der Waals surface area contributed by atoms with Crippen LogP contribution >= 0.6 is 15.9 Å². The van der Waals surface area contributed by atoms with Crippen LogP contribution in [0, 0.1) is 13.8 Å². The van der Waals surface area contributed by atoms with Gasteiger partial charge in [-0.2, -0.15) is 0 Å². The molecule has 1 aromatic carbocycles. The van der Waals surface area contributed by atoms with Crippen molar-refractivity contribution in [2.24, 2.45) is 0 Å². The van der Waals surface area contributed by atoms with Gasteiger partial charge in [0.2, 0.25) is 5.91 Å². The number of aryl methyl sites for hydroxylation is 2. The molecule has 0 bridgehead atoms. The van der Waals surface area contributed by atoms with Crippen molar-refractivity contribution in [3.05, 3.63) is 27.7 Å². The minimum atomic E-state index is -0.777. The number of rotatable bonds is 3. The number of carbonyl (C=O) groups is 2. The van der Waals surface area contributed by atoms with Crippen LogP contribution in [0.25, 0.3) is 0 Å². The Morgan fingerprint density at radius 3 is 2.19 bits per heavy atom. The molecule has 114 valence electrons. The van der Waals surface area contributed by atoms with Gasteiger partial charge >= 0.3 is 0 Å². The number of carbonyl (C=O) groups excluding carboxylic acids is 2. The molecule has 1 aliphatic heterocycles. The van der Waals surface area contributed by atoms with Crippen molar-refractivity contribution in [1.29, 1.82) is 0 Å². The van der Waals surface area contributed by atoms with Gasteiger partial charge in [0.05, 0.1) is 5.69 Å². The molecule has 0 radical (unpaired) electrons. The number of halogens is 1. The number of nitrogens with zero attached hydrogens (tertiary/aromatic N) is 1. The maximum atomic E-state index is 12.9. The van der Waals surface area contributed by atoms with E-state index in [0.717, 1.165) is 21.3 Å². The lowest BCUT2D eigenvalue weighted by Crippen LogP contribution is -2.66. The normalized spacial score (nSPS) is 17.9. The Morgan fingerprint density at radius 1 is 1.19 bits per heavy atom. The Balaban J connectivity index is 2.53. The van der Waals surface area contributed by atoms with E-state index in [1.165, 1.54) is 0 Å². The van der Waals surface area contributed by atoms with Crippen molar-refractivity contribution in [2.75, 3.05) is 11.4 Å². The Kier molecular flexibility index (Phi) is 4.42. The summed E-state index contributed by atoms with van der Waals surface area (Å²) in [6, 6.07) is 3.95. The fourth-order valence-corrected chi connectivity index (χ4v) is 3.76. The van der Waals surface area contributed by atoms with Crippen molar-refractivity contribution in [3.63, 3.8) is 0 Å². The number of anilines is 1. The van der Waals surface area contributed by atoms with Crippen LogP contribution in [0.4, 0.5) is 5.69 Å². The van der Waals surface area contributed by atoms with Crippen molar-refractivity contribution >= 4 is 33.4 Å². The number of nitrogens with one attached hydrogen (secondary N) is 1. The molecule has 1 N–H and O–H groups in total. The zero-order valence-electron chi connectivity index (χ0n) is 12.9. The van der Waals surface area contributed by atoms with Crippen LogP contribution < -0.4 is 10.2 Å². The summed E-state index contributed by atoms with van der Waals surface area (Å²) in [5, 5.41) is 2.89. The summed E-state index contributed by atoms with van der Waals surface area (Å²) in [5.74, 6) is -0.111. The largest absolute Gasteiger partial charge is 0.340 e. The highest BCUT2D eigenvalue weighted by molar-refractivity contribution is 9.10. The SMILES string of the molecule is CCC1(CC)NC(=O)CN(c2c(C)cc(Br)cc2C)C1=O. The van der Waals surface area contributed by atoms with Crippen LogP contribution in [0.2, 0.25) is 0 Å². The highest BCUT2D eigenvalue weighted by Gasteiger charge is 2.45. The number of piperazine rings is 1. The van der Waals surface area contributed by atoms with Crippen LogP contribution in [0.3, 0.4) is 0 Å². The molecule has 0 unspecified atom stereocenters. The molecule has 4 nitrogen and oxygen atoms in total. The van der Waals surface area contributed by atoms with Gasteiger partial charge in [-0.1, -0.05) is 29.8 Å². The molecule has 0 atom stereocenters. The van der Waals surface area contributed by atoms with Gasteiger partial charge in [0.25, 0.3) is 5.91 Å².